The van der Waals surface area contributed by atoms with Crippen molar-refractivity contribution in [2.45, 2.75) is 155 Å². The Balaban J connectivity index is 1.01. The number of benzene rings is 1. The van der Waals surface area contributed by atoms with Crippen molar-refractivity contribution in [2.75, 3.05) is 13.2 Å². The fraction of sp³-hybridized carbons (Fsp3) is 0.723. The molecule has 13 nitrogen and oxygen atoms in total. The van der Waals surface area contributed by atoms with Crippen LogP contribution in [0.2, 0.25) is 20.1 Å². The van der Waals surface area contributed by atoms with Gasteiger partial charge in [0.1, 0.15) is 18.8 Å². The number of imide groups is 1. The second-order valence-corrected chi connectivity index (χ2v) is 21.8. The summed E-state index contributed by atoms with van der Waals surface area (Å²) in [6.45, 7) is 13.3. The fourth-order valence-corrected chi connectivity index (χ4v) is 14.9. The third-order valence-corrected chi connectivity index (χ3v) is 18.6. The molecule has 3 saturated heterocycles. The Hall–Kier alpha value is -2.49. The number of allylic oxidation sites excluding steroid dienone is 1. The van der Waals surface area contributed by atoms with Crippen LogP contribution in [0.5, 0.6) is 0 Å². The van der Waals surface area contributed by atoms with Gasteiger partial charge in [-0.25, -0.2) is 0 Å². The normalized spacial score (nSPS) is 42.3. The van der Waals surface area contributed by atoms with Gasteiger partial charge >= 0.3 is 17.9 Å². The van der Waals surface area contributed by atoms with Crippen LogP contribution in [0.25, 0.3) is 0 Å². The summed E-state index contributed by atoms with van der Waals surface area (Å²) >= 11 is 25.8. The number of carbonyl (C=O) groups excluding carboxylic acids is 5. The molecule has 0 unspecified atom stereocenters. The topological polar surface area (TPSA) is 153 Å². The number of rotatable bonds is 7. The lowest BCUT2D eigenvalue weighted by atomic mass is 9.47. The third kappa shape index (κ3) is 7.35. The van der Waals surface area contributed by atoms with Crippen molar-refractivity contribution < 1.29 is 57.1 Å². The molecule has 4 aliphatic heterocycles. The van der Waals surface area contributed by atoms with Gasteiger partial charge in [0.15, 0.2) is 24.3 Å². The van der Waals surface area contributed by atoms with Gasteiger partial charge in [0.05, 0.1) is 50.0 Å². The van der Waals surface area contributed by atoms with Crippen molar-refractivity contribution in [3.05, 3.63) is 42.9 Å². The molecule has 1 spiro atoms. The van der Waals surface area contributed by atoms with Crippen LogP contribution < -0.4 is 0 Å². The maximum Gasteiger partial charge on any atom is 0.303 e. The van der Waals surface area contributed by atoms with Gasteiger partial charge in [-0.05, 0) is 91.8 Å². The maximum absolute atomic E-state index is 14.5. The number of amides is 2. The SMILES string of the molecule is CC(=O)OC[C@H]1O[C@@H](O[C@H]2CC[C@@]3(C)C(=CC[C@H]4[C@@H]5C[C@@H]6O[C@]7(CC[C@@H](C)CO7)[C@@H](C)[C@@H]6[C@@]5(C)CC[C@@H]43)C2)[C@H](N2C(=O)c3c(Cl)c(Cl)c(Cl)c(Cl)c3C2=O)[C@@H](OC(C)=O)[C@@H]1OC(C)=O. The minimum atomic E-state index is -1.56. The molecule has 4 aliphatic carbocycles. The summed E-state index contributed by atoms with van der Waals surface area (Å²) in [4.78, 5) is 67.4. The highest BCUT2D eigenvalue weighted by atomic mass is 35.5. The standard InChI is InChI=1S/C47H57Cl4NO12/c1-20-10-15-47(59-18-20)21(2)34-30(64-47)17-29-27-9-8-25-16-26(11-13-45(25,6)28(27)12-14-46(29,34)7)62-44-39(52-42(56)32-33(43(52)57)36(49)38(51)37(50)35(32)48)41(61-24(5)55)40(60-23(4)54)31(63-44)19-58-22(3)53/h8,20-21,26-31,34,39-41,44H,9-19H2,1-7H3/t20-,21+,26+,27-,28+,29+,30+,31-,34+,39-,40-,41-,44-,45+,46+,47-/m1/s1. The number of halogens is 4. The van der Waals surface area contributed by atoms with E-state index in [2.05, 4.69) is 33.8 Å². The molecule has 64 heavy (non-hydrogen) atoms. The molecule has 4 heterocycles. The van der Waals surface area contributed by atoms with E-state index in [0.717, 1.165) is 70.3 Å². The van der Waals surface area contributed by atoms with Crippen molar-refractivity contribution in [1.82, 2.24) is 4.90 Å². The monoisotopic (exact) mass is 967 g/mol. The van der Waals surface area contributed by atoms with Gasteiger partial charge in [-0.3, -0.25) is 28.9 Å². The summed E-state index contributed by atoms with van der Waals surface area (Å²) < 4.78 is 43.8. The van der Waals surface area contributed by atoms with E-state index in [1.807, 2.05) is 0 Å². The molecule has 350 valence electrons. The fourth-order valence-electron chi connectivity index (χ4n) is 13.9. The number of esters is 3. The van der Waals surface area contributed by atoms with Crippen molar-refractivity contribution in [3.8, 4) is 0 Å². The predicted octanol–water partition coefficient (Wildman–Crippen LogP) is 9.17. The molecular formula is C47H57Cl4NO12. The quantitative estimate of drug-likeness (QED) is 0.0640. The highest BCUT2D eigenvalue weighted by molar-refractivity contribution is 6.55. The van der Waals surface area contributed by atoms with Crippen LogP contribution in [0, 0.1) is 46.3 Å². The molecule has 2 amide bonds. The van der Waals surface area contributed by atoms with Crippen LogP contribution >= 0.6 is 46.4 Å². The first-order valence-corrected chi connectivity index (χ1v) is 24.3. The molecular weight excluding hydrogens is 912 g/mol. The zero-order chi connectivity index (χ0) is 45.9. The van der Waals surface area contributed by atoms with E-state index in [-0.39, 0.29) is 48.2 Å². The first-order valence-electron chi connectivity index (χ1n) is 22.7. The van der Waals surface area contributed by atoms with Crippen LogP contribution in [0.15, 0.2) is 11.6 Å². The van der Waals surface area contributed by atoms with Crippen LogP contribution in [0.3, 0.4) is 0 Å². The zero-order valence-corrected chi connectivity index (χ0v) is 40.2. The van der Waals surface area contributed by atoms with Crippen molar-refractivity contribution >= 4 is 76.1 Å². The Labute approximate surface area is 393 Å². The minimum Gasteiger partial charge on any atom is -0.463 e. The van der Waals surface area contributed by atoms with Crippen molar-refractivity contribution in [2.24, 2.45) is 46.3 Å². The Kier molecular flexibility index (Phi) is 12.3. The Morgan fingerprint density at radius 1 is 0.828 bits per heavy atom. The largest absolute Gasteiger partial charge is 0.463 e. The molecule has 1 aromatic carbocycles. The molecule has 9 rings (SSSR count). The molecule has 6 fully saturated rings. The molecule has 17 heteroatoms. The lowest BCUT2D eigenvalue weighted by Crippen LogP contribution is -2.68. The Morgan fingerprint density at radius 3 is 2.09 bits per heavy atom. The molecule has 0 radical (unpaired) electrons. The summed E-state index contributed by atoms with van der Waals surface area (Å²) in [6.07, 6.45) is 4.70. The van der Waals surface area contributed by atoms with E-state index < -0.39 is 78.9 Å². The first kappa shape index (κ1) is 46.6. The van der Waals surface area contributed by atoms with E-state index in [1.165, 1.54) is 12.5 Å². The van der Waals surface area contributed by atoms with E-state index in [9.17, 15) is 24.0 Å². The van der Waals surface area contributed by atoms with Gasteiger partial charge in [0, 0.05) is 33.1 Å². The highest BCUT2D eigenvalue weighted by Crippen LogP contribution is 2.71. The van der Waals surface area contributed by atoms with Gasteiger partial charge in [0.25, 0.3) is 11.8 Å². The number of ether oxygens (including phenoxy) is 7. The average Bonchev–Trinajstić information content (AvgIpc) is 3.79. The van der Waals surface area contributed by atoms with Gasteiger partial charge in [-0.15, -0.1) is 0 Å². The number of nitrogens with zero attached hydrogens (tertiary/aromatic N) is 1. The van der Waals surface area contributed by atoms with Gasteiger partial charge < -0.3 is 33.2 Å². The van der Waals surface area contributed by atoms with Crippen LogP contribution in [-0.4, -0.2) is 96.5 Å². The number of fused-ring (bicyclic) bond motifs is 8. The van der Waals surface area contributed by atoms with Gasteiger partial charge in [-0.2, -0.15) is 0 Å². The molecule has 8 aliphatic rings. The van der Waals surface area contributed by atoms with E-state index in [0.29, 0.717) is 48.3 Å². The number of hydrogen-bond donors (Lipinski definition) is 0. The van der Waals surface area contributed by atoms with E-state index in [4.69, 9.17) is 79.6 Å². The summed E-state index contributed by atoms with van der Waals surface area (Å²) in [7, 11) is 0. The molecule has 3 saturated carbocycles. The van der Waals surface area contributed by atoms with Crippen LogP contribution in [0.1, 0.15) is 127 Å². The molecule has 0 aromatic heterocycles. The minimum absolute atomic E-state index is 0.0852. The zero-order valence-electron chi connectivity index (χ0n) is 37.2. The molecule has 16 atom stereocenters. The second kappa shape index (κ2) is 16.9. The predicted molar refractivity (Wildman–Crippen MR) is 234 cm³/mol. The smallest absolute Gasteiger partial charge is 0.303 e. The van der Waals surface area contributed by atoms with Gasteiger partial charge in [0.2, 0.25) is 0 Å². The van der Waals surface area contributed by atoms with E-state index in [1.54, 1.807) is 0 Å². The summed E-state index contributed by atoms with van der Waals surface area (Å²) in [5.41, 5.74) is 0.760. The summed E-state index contributed by atoms with van der Waals surface area (Å²) in [5.74, 6) is -1.71. The van der Waals surface area contributed by atoms with Crippen LogP contribution in [0.4, 0.5) is 0 Å². The molecule has 0 bridgehead atoms. The van der Waals surface area contributed by atoms with E-state index >= 15 is 0 Å². The van der Waals surface area contributed by atoms with Gasteiger partial charge in [-0.1, -0.05) is 85.7 Å². The first-order chi connectivity index (χ1) is 30.2. The molecule has 0 N–H and O–H groups in total. The number of hydrogen-bond acceptors (Lipinski definition) is 12. The summed E-state index contributed by atoms with van der Waals surface area (Å²) in [6, 6.07) is -1.55. The van der Waals surface area contributed by atoms with Crippen molar-refractivity contribution in [1.29, 1.82) is 0 Å². The van der Waals surface area contributed by atoms with Crippen molar-refractivity contribution in [3.63, 3.8) is 0 Å². The number of carbonyl (C=O) groups is 5. The van der Waals surface area contributed by atoms with Crippen LogP contribution in [-0.2, 0) is 47.5 Å². The maximum atomic E-state index is 14.5. The average molecular weight is 970 g/mol. The third-order valence-electron chi connectivity index (χ3n) is 16.8. The Morgan fingerprint density at radius 2 is 1.48 bits per heavy atom. The second-order valence-electron chi connectivity index (χ2n) is 20.2. The Bertz CT molecular complexity index is 2130. The lowest BCUT2D eigenvalue weighted by Gasteiger charge is -2.59. The summed E-state index contributed by atoms with van der Waals surface area (Å²) in [5, 5.41) is -1.06. The highest BCUT2D eigenvalue weighted by Gasteiger charge is 2.69. The molecule has 1 aromatic rings. The lowest BCUT2D eigenvalue weighted by molar-refractivity contribution is -0.297.